The van der Waals surface area contributed by atoms with Crippen LogP contribution in [0.15, 0.2) is 18.3 Å². The van der Waals surface area contributed by atoms with Crippen LogP contribution in [0.3, 0.4) is 0 Å². The minimum atomic E-state index is -0.534. The summed E-state index contributed by atoms with van der Waals surface area (Å²) in [6, 6.07) is 3.26. The SMILES string of the molecule is CN(C)C(=O)Oc1cccnc1C(=O)[N+](C)(C)CCCCCCCCCC[N+](C)(C)CO. The molecular formula is C24H44N4O4+2. The third kappa shape index (κ3) is 10.1. The molecule has 0 radical (unpaired) electrons. The predicted molar refractivity (Wildman–Crippen MR) is 126 cm³/mol. The molecule has 1 rings (SSSR count). The van der Waals surface area contributed by atoms with E-state index in [4.69, 9.17) is 4.74 Å². The van der Waals surface area contributed by atoms with Gasteiger partial charge in [0.2, 0.25) is 5.69 Å². The van der Waals surface area contributed by atoms with E-state index in [9.17, 15) is 14.7 Å². The topological polar surface area (TPSA) is 79.7 Å². The van der Waals surface area contributed by atoms with Crippen LogP contribution < -0.4 is 4.74 Å². The first kappa shape index (κ1) is 28.0. The van der Waals surface area contributed by atoms with Crippen LogP contribution in [-0.2, 0) is 0 Å². The monoisotopic (exact) mass is 452 g/mol. The smallest absolute Gasteiger partial charge is 0.407 e. The van der Waals surface area contributed by atoms with Gasteiger partial charge in [-0.1, -0.05) is 25.7 Å². The lowest BCUT2D eigenvalue weighted by atomic mass is 10.1. The van der Waals surface area contributed by atoms with E-state index in [1.807, 2.05) is 14.1 Å². The largest absolute Gasteiger partial charge is 0.414 e. The Bertz CT molecular complexity index is 720. The summed E-state index contributed by atoms with van der Waals surface area (Å²) in [7, 11) is 11.0. The summed E-state index contributed by atoms with van der Waals surface area (Å²) in [5, 5.41) is 9.27. The normalized spacial score (nSPS) is 12.0. The molecule has 1 aromatic heterocycles. The van der Waals surface area contributed by atoms with E-state index in [0.717, 1.165) is 25.8 Å². The number of carbonyl (C=O) groups excluding carboxylic acids is 2. The van der Waals surface area contributed by atoms with Crippen LogP contribution in [0.5, 0.6) is 5.75 Å². The molecule has 32 heavy (non-hydrogen) atoms. The number of aromatic nitrogens is 1. The zero-order valence-electron chi connectivity index (χ0n) is 21.0. The van der Waals surface area contributed by atoms with Crippen LogP contribution in [0, 0.1) is 0 Å². The first-order valence-electron chi connectivity index (χ1n) is 11.6. The number of nitrogens with zero attached hydrogens (tertiary/aromatic N) is 4. The molecule has 1 heterocycles. The summed E-state index contributed by atoms with van der Waals surface area (Å²) in [6.07, 6.45) is 10.3. The fourth-order valence-corrected chi connectivity index (χ4v) is 3.39. The molecule has 0 atom stereocenters. The van der Waals surface area contributed by atoms with Crippen LogP contribution in [-0.4, -0.2) is 98.1 Å². The summed E-state index contributed by atoms with van der Waals surface area (Å²) in [5.41, 5.74) is 0.190. The Morgan fingerprint density at radius 3 is 2.00 bits per heavy atom. The fourth-order valence-electron chi connectivity index (χ4n) is 3.39. The maximum atomic E-state index is 13.1. The van der Waals surface area contributed by atoms with Gasteiger partial charge in [-0.3, -0.25) is 4.48 Å². The molecule has 0 aromatic carbocycles. The highest BCUT2D eigenvalue weighted by molar-refractivity contribution is 5.90. The lowest BCUT2D eigenvalue weighted by molar-refractivity contribution is -0.909. The van der Waals surface area contributed by atoms with Crippen molar-refractivity contribution in [3.05, 3.63) is 24.0 Å². The van der Waals surface area contributed by atoms with E-state index in [-0.39, 0.29) is 28.6 Å². The van der Waals surface area contributed by atoms with Gasteiger partial charge >= 0.3 is 12.0 Å². The number of unbranched alkanes of at least 4 members (excludes halogenated alkanes) is 7. The van der Waals surface area contributed by atoms with Gasteiger partial charge in [0.15, 0.2) is 12.5 Å². The van der Waals surface area contributed by atoms with Crippen molar-refractivity contribution in [1.29, 1.82) is 0 Å². The summed E-state index contributed by atoms with van der Waals surface area (Å²) in [6.45, 7) is 1.93. The maximum Gasteiger partial charge on any atom is 0.414 e. The minimum Gasteiger partial charge on any atom is -0.407 e. The van der Waals surface area contributed by atoms with Gasteiger partial charge < -0.3 is 19.2 Å². The van der Waals surface area contributed by atoms with Crippen LogP contribution in [0.1, 0.15) is 61.9 Å². The van der Waals surface area contributed by atoms with Crippen molar-refractivity contribution in [2.75, 3.05) is 62.1 Å². The molecule has 8 nitrogen and oxygen atoms in total. The third-order valence-corrected chi connectivity index (χ3v) is 5.70. The van der Waals surface area contributed by atoms with Gasteiger partial charge in [-0.25, -0.2) is 14.6 Å². The molecule has 0 fully saturated rings. The maximum absolute atomic E-state index is 13.1. The molecule has 0 unspecified atom stereocenters. The highest BCUT2D eigenvalue weighted by Crippen LogP contribution is 2.21. The third-order valence-electron chi connectivity index (χ3n) is 5.70. The second-order valence-corrected chi connectivity index (χ2v) is 9.96. The Balaban J connectivity index is 2.36. The lowest BCUT2D eigenvalue weighted by Crippen LogP contribution is -2.46. The van der Waals surface area contributed by atoms with Gasteiger partial charge in [0.05, 0.1) is 41.3 Å². The minimum absolute atomic E-state index is 0.156. The highest BCUT2D eigenvalue weighted by Gasteiger charge is 2.32. The molecule has 182 valence electrons. The predicted octanol–water partition coefficient (Wildman–Crippen LogP) is 3.51. The van der Waals surface area contributed by atoms with Gasteiger partial charge in [0, 0.05) is 20.3 Å². The summed E-state index contributed by atoms with van der Waals surface area (Å²) >= 11 is 0. The van der Waals surface area contributed by atoms with Crippen molar-refractivity contribution in [3.63, 3.8) is 0 Å². The van der Waals surface area contributed by atoms with Crippen molar-refractivity contribution in [3.8, 4) is 5.75 Å². The fraction of sp³-hybridized carbons (Fsp3) is 0.708. The molecule has 0 saturated heterocycles. The molecule has 1 aromatic rings. The number of ether oxygens (including phenoxy) is 1. The molecule has 0 spiro atoms. The van der Waals surface area contributed by atoms with Crippen molar-refractivity contribution < 1.29 is 28.4 Å². The second-order valence-electron chi connectivity index (χ2n) is 9.96. The summed E-state index contributed by atoms with van der Waals surface area (Å²) in [5.74, 6) is 0.0416. The van der Waals surface area contributed by atoms with Gasteiger partial charge in [0.25, 0.3) is 0 Å². The molecule has 0 aliphatic carbocycles. The Hall–Kier alpha value is -2.03. The number of hydrogen-bond acceptors (Lipinski definition) is 5. The number of carbonyl (C=O) groups is 2. The van der Waals surface area contributed by atoms with E-state index in [2.05, 4.69) is 19.1 Å². The van der Waals surface area contributed by atoms with E-state index >= 15 is 0 Å². The van der Waals surface area contributed by atoms with Crippen LogP contribution in [0.2, 0.25) is 0 Å². The zero-order valence-corrected chi connectivity index (χ0v) is 21.0. The van der Waals surface area contributed by atoms with Gasteiger partial charge in [-0.05, 0) is 37.8 Å². The summed E-state index contributed by atoms with van der Waals surface area (Å²) < 4.78 is 6.17. The van der Waals surface area contributed by atoms with Crippen molar-refractivity contribution in [1.82, 2.24) is 9.88 Å². The van der Waals surface area contributed by atoms with Crippen molar-refractivity contribution >= 4 is 12.0 Å². The Morgan fingerprint density at radius 2 is 1.47 bits per heavy atom. The number of rotatable bonds is 14. The molecular weight excluding hydrogens is 408 g/mol. The number of pyridine rings is 1. The summed E-state index contributed by atoms with van der Waals surface area (Å²) in [4.78, 5) is 30.5. The van der Waals surface area contributed by atoms with E-state index in [1.54, 1.807) is 32.4 Å². The number of quaternary nitrogens is 2. The molecule has 0 aliphatic heterocycles. The number of amides is 2. The number of hydrogen-bond donors (Lipinski definition) is 1. The van der Waals surface area contributed by atoms with E-state index in [0.29, 0.717) is 11.0 Å². The zero-order chi connectivity index (χ0) is 24.2. The average Bonchev–Trinajstić information content (AvgIpc) is 2.74. The molecule has 1 N–H and O–H groups in total. The van der Waals surface area contributed by atoms with Crippen LogP contribution in [0.4, 0.5) is 4.79 Å². The van der Waals surface area contributed by atoms with E-state index < -0.39 is 6.09 Å². The van der Waals surface area contributed by atoms with E-state index in [1.165, 1.54) is 37.0 Å². The molecule has 2 amide bonds. The Kier molecular flexibility index (Phi) is 11.8. The Morgan fingerprint density at radius 1 is 0.938 bits per heavy atom. The highest BCUT2D eigenvalue weighted by atomic mass is 16.6. The van der Waals surface area contributed by atoms with Crippen molar-refractivity contribution in [2.24, 2.45) is 0 Å². The Labute approximate surface area is 194 Å². The first-order chi connectivity index (χ1) is 15.0. The molecule has 0 aliphatic rings. The first-order valence-corrected chi connectivity index (χ1v) is 11.6. The molecule has 8 heteroatoms. The number of aliphatic hydroxyl groups excluding tert-OH is 1. The van der Waals surface area contributed by atoms with Crippen LogP contribution >= 0.6 is 0 Å². The lowest BCUT2D eigenvalue weighted by Gasteiger charge is -2.27. The van der Waals surface area contributed by atoms with Crippen molar-refractivity contribution in [2.45, 2.75) is 51.4 Å². The molecule has 0 bridgehead atoms. The van der Waals surface area contributed by atoms with Gasteiger partial charge in [-0.15, -0.1) is 0 Å². The molecule has 0 saturated carbocycles. The standard InChI is InChI=1S/C24H44N4O4/c1-26(2)24(31)32-21-16-15-17-25-22(21)23(30)28(5,6)19-14-12-10-8-7-9-11-13-18-27(3,4)20-29/h15-17,29H,7-14,18-20H2,1-6H3/q+2. The number of aliphatic hydroxyl groups is 1. The van der Waals surface area contributed by atoms with Gasteiger partial charge in [0.1, 0.15) is 0 Å². The van der Waals surface area contributed by atoms with Gasteiger partial charge in [-0.2, -0.15) is 0 Å². The second kappa shape index (κ2) is 13.5. The quantitative estimate of drug-likeness (QED) is 0.265. The van der Waals surface area contributed by atoms with Crippen LogP contribution in [0.25, 0.3) is 0 Å². The average molecular weight is 453 g/mol.